The molecule has 0 saturated carbocycles. The highest BCUT2D eigenvalue weighted by Gasteiger charge is 2.29. The number of allylic oxidation sites excluding steroid dienone is 2. The topological polar surface area (TPSA) is 66.5 Å². The first-order valence-electron chi connectivity index (χ1n) is 8.57. The molecule has 1 aliphatic heterocycles. The van der Waals surface area contributed by atoms with E-state index in [9.17, 15) is 13.2 Å². The Morgan fingerprint density at radius 3 is 2.38 bits per heavy atom. The largest absolute Gasteiger partial charge is 0.342 e. The van der Waals surface area contributed by atoms with Gasteiger partial charge in [0.1, 0.15) is 0 Å². The summed E-state index contributed by atoms with van der Waals surface area (Å²) in [6.07, 6.45) is 8.29. The van der Waals surface area contributed by atoms with Crippen molar-refractivity contribution in [3.05, 3.63) is 42.5 Å². The highest BCUT2D eigenvalue weighted by atomic mass is 32.2. The number of carbonyl (C=O) groups is 1. The van der Waals surface area contributed by atoms with Crippen LogP contribution in [0.5, 0.6) is 0 Å². The molecule has 6 heteroatoms. The molecule has 1 amide bonds. The van der Waals surface area contributed by atoms with Gasteiger partial charge in [-0.3, -0.25) is 4.79 Å². The van der Waals surface area contributed by atoms with Gasteiger partial charge in [-0.05, 0) is 44.2 Å². The van der Waals surface area contributed by atoms with E-state index in [2.05, 4.69) is 16.9 Å². The van der Waals surface area contributed by atoms with Crippen LogP contribution in [-0.2, 0) is 14.8 Å². The molecule has 5 nitrogen and oxygen atoms in total. The molecule has 0 aromatic heterocycles. The Morgan fingerprint density at radius 1 is 1.04 bits per heavy atom. The van der Waals surface area contributed by atoms with Crippen molar-refractivity contribution in [2.24, 2.45) is 5.92 Å². The van der Waals surface area contributed by atoms with Crippen molar-refractivity contribution in [3.63, 3.8) is 0 Å². The molecule has 1 N–H and O–H groups in total. The summed E-state index contributed by atoms with van der Waals surface area (Å²) in [4.78, 5) is 14.7. The average Bonchev–Trinajstić information content (AvgIpc) is 2.63. The molecule has 1 unspecified atom stereocenters. The molecule has 3 rings (SSSR count). The second-order valence-corrected chi connectivity index (χ2v) is 8.23. The van der Waals surface area contributed by atoms with E-state index < -0.39 is 10.0 Å². The molecule has 1 aliphatic carbocycles. The lowest BCUT2D eigenvalue weighted by molar-refractivity contribution is -0.136. The average molecular weight is 348 g/mol. The van der Waals surface area contributed by atoms with Crippen LogP contribution in [0.3, 0.4) is 0 Å². The van der Waals surface area contributed by atoms with Gasteiger partial charge in [-0.2, -0.15) is 0 Å². The number of nitrogens with zero attached hydrogens (tertiary/aromatic N) is 1. The minimum Gasteiger partial charge on any atom is -0.342 e. The molecular weight excluding hydrogens is 324 g/mol. The lowest BCUT2D eigenvalue weighted by Gasteiger charge is -2.34. The Bertz CT molecular complexity index is 692. The van der Waals surface area contributed by atoms with Gasteiger partial charge < -0.3 is 4.90 Å². The fourth-order valence-corrected chi connectivity index (χ4v) is 4.71. The van der Waals surface area contributed by atoms with Crippen LogP contribution in [-0.4, -0.2) is 38.4 Å². The monoisotopic (exact) mass is 348 g/mol. The van der Waals surface area contributed by atoms with Crippen molar-refractivity contribution in [2.45, 2.75) is 43.0 Å². The smallest absolute Gasteiger partial charge is 0.240 e. The number of sulfonamides is 1. The SMILES string of the molecule is O=C(C1CC=CCC1)N1CCC(NS(=O)(=O)c2ccccc2)CC1. The van der Waals surface area contributed by atoms with Crippen LogP contribution in [0, 0.1) is 5.92 Å². The van der Waals surface area contributed by atoms with Gasteiger partial charge in [0, 0.05) is 25.0 Å². The van der Waals surface area contributed by atoms with E-state index >= 15 is 0 Å². The number of hydrogen-bond acceptors (Lipinski definition) is 3. The number of amides is 1. The van der Waals surface area contributed by atoms with Gasteiger partial charge in [0.05, 0.1) is 4.90 Å². The van der Waals surface area contributed by atoms with Gasteiger partial charge in [-0.15, -0.1) is 0 Å². The summed E-state index contributed by atoms with van der Waals surface area (Å²) in [5.41, 5.74) is 0. The summed E-state index contributed by atoms with van der Waals surface area (Å²) in [5, 5.41) is 0. The van der Waals surface area contributed by atoms with Gasteiger partial charge in [0.2, 0.25) is 15.9 Å². The summed E-state index contributed by atoms with van der Waals surface area (Å²) in [6.45, 7) is 1.25. The standard InChI is InChI=1S/C18H24N2O3S/c21-18(15-7-3-1-4-8-15)20-13-11-16(12-14-20)19-24(22,23)17-9-5-2-6-10-17/h1-3,5-6,9-10,15-16,19H,4,7-8,11-14H2. The molecule has 1 aromatic rings. The number of carbonyl (C=O) groups excluding carboxylic acids is 1. The number of hydrogen-bond donors (Lipinski definition) is 1. The minimum atomic E-state index is -3.48. The van der Waals surface area contributed by atoms with E-state index in [4.69, 9.17) is 0 Å². The zero-order valence-corrected chi connectivity index (χ0v) is 14.5. The Hall–Kier alpha value is -1.66. The number of rotatable bonds is 4. The number of nitrogens with one attached hydrogen (secondary N) is 1. The van der Waals surface area contributed by atoms with Crippen molar-refractivity contribution < 1.29 is 13.2 Å². The third kappa shape index (κ3) is 4.05. The molecule has 1 aromatic carbocycles. The molecule has 24 heavy (non-hydrogen) atoms. The van der Waals surface area contributed by atoms with Crippen molar-refractivity contribution in [1.29, 1.82) is 0 Å². The Labute approximate surface area is 143 Å². The minimum absolute atomic E-state index is 0.104. The van der Waals surface area contributed by atoms with Crippen LogP contribution in [0.25, 0.3) is 0 Å². The van der Waals surface area contributed by atoms with Crippen LogP contribution >= 0.6 is 0 Å². The molecule has 1 atom stereocenters. The van der Waals surface area contributed by atoms with Crippen molar-refractivity contribution >= 4 is 15.9 Å². The van der Waals surface area contributed by atoms with E-state index in [1.54, 1.807) is 30.3 Å². The second-order valence-electron chi connectivity index (χ2n) is 6.52. The molecule has 1 saturated heterocycles. The maximum atomic E-state index is 12.5. The summed E-state index contributed by atoms with van der Waals surface area (Å²) >= 11 is 0. The highest BCUT2D eigenvalue weighted by molar-refractivity contribution is 7.89. The molecule has 0 bridgehead atoms. The maximum Gasteiger partial charge on any atom is 0.240 e. The Balaban J connectivity index is 1.54. The first-order valence-corrected chi connectivity index (χ1v) is 10.1. The molecule has 2 aliphatic rings. The molecule has 1 fully saturated rings. The second kappa shape index (κ2) is 7.49. The first-order chi connectivity index (χ1) is 11.6. The maximum absolute atomic E-state index is 12.5. The third-order valence-electron chi connectivity index (χ3n) is 4.80. The Morgan fingerprint density at radius 2 is 1.75 bits per heavy atom. The fourth-order valence-electron chi connectivity index (χ4n) is 3.38. The van der Waals surface area contributed by atoms with Gasteiger partial charge >= 0.3 is 0 Å². The van der Waals surface area contributed by atoms with E-state index in [0.717, 1.165) is 19.3 Å². The predicted octanol–water partition coefficient (Wildman–Crippen LogP) is 2.31. The quantitative estimate of drug-likeness (QED) is 0.849. The molecule has 130 valence electrons. The fraction of sp³-hybridized carbons (Fsp3) is 0.500. The van der Waals surface area contributed by atoms with E-state index in [1.807, 2.05) is 4.90 Å². The summed E-state index contributed by atoms with van der Waals surface area (Å²) in [6, 6.07) is 8.31. The van der Waals surface area contributed by atoms with Crippen molar-refractivity contribution in [2.75, 3.05) is 13.1 Å². The van der Waals surface area contributed by atoms with Gasteiger partial charge in [-0.1, -0.05) is 30.4 Å². The normalized spacial score (nSPS) is 22.5. The van der Waals surface area contributed by atoms with Crippen LogP contribution in [0.4, 0.5) is 0 Å². The molecule has 0 spiro atoms. The number of benzene rings is 1. The van der Waals surface area contributed by atoms with Crippen LogP contribution < -0.4 is 4.72 Å². The van der Waals surface area contributed by atoms with Crippen molar-refractivity contribution in [1.82, 2.24) is 9.62 Å². The summed E-state index contributed by atoms with van der Waals surface area (Å²) in [7, 11) is -3.48. The van der Waals surface area contributed by atoms with Gasteiger partial charge in [0.15, 0.2) is 0 Å². The molecule has 1 heterocycles. The first kappa shape index (κ1) is 17.2. The zero-order chi connectivity index (χ0) is 17.0. The van der Waals surface area contributed by atoms with E-state index in [0.29, 0.717) is 25.9 Å². The van der Waals surface area contributed by atoms with Gasteiger partial charge in [-0.25, -0.2) is 13.1 Å². The Kier molecular flexibility index (Phi) is 5.36. The molecular formula is C18H24N2O3S. The van der Waals surface area contributed by atoms with Crippen LogP contribution in [0.2, 0.25) is 0 Å². The van der Waals surface area contributed by atoms with Crippen molar-refractivity contribution in [3.8, 4) is 0 Å². The lowest BCUT2D eigenvalue weighted by atomic mass is 9.92. The van der Waals surface area contributed by atoms with Crippen LogP contribution in [0.15, 0.2) is 47.4 Å². The zero-order valence-electron chi connectivity index (χ0n) is 13.7. The number of piperidine rings is 1. The summed E-state index contributed by atoms with van der Waals surface area (Å²) in [5.74, 6) is 0.330. The molecule has 0 radical (unpaired) electrons. The number of likely N-dealkylation sites (tertiary alicyclic amines) is 1. The van der Waals surface area contributed by atoms with E-state index in [-0.39, 0.29) is 22.8 Å². The predicted molar refractivity (Wildman–Crippen MR) is 92.8 cm³/mol. The highest BCUT2D eigenvalue weighted by Crippen LogP contribution is 2.23. The van der Waals surface area contributed by atoms with E-state index in [1.165, 1.54) is 0 Å². The van der Waals surface area contributed by atoms with Gasteiger partial charge in [0.25, 0.3) is 0 Å². The lowest BCUT2D eigenvalue weighted by Crippen LogP contribution is -2.48. The summed E-state index contributed by atoms with van der Waals surface area (Å²) < 4.78 is 27.5. The van der Waals surface area contributed by atoms with Crippen LogP contribution in [0.1, 0.15) is 32.1 Å². The third-order valence-corrected chi connectivity index (χ3v) is 6.34.